The lowest BCUT2D eigenvalue weighted by Crippen LogP contribution is -2.55. The van der Waals surface area contributed by atoms with Crippen LogP contribution in [0.2, 0.25) is 0 Å². The van der Waals surface area contributed by atoms with E-state index in [1.807, 2.05) is 4.90 Å². The fourth-order valence-corrected chi connectivity index (χ4v) is 2.25. The summed E-state index contributed by atoms with van der Waals surface area (Å²) in [5.74, 6) is 0.195. The van der Waals surface area contributed by atoms with Crippen LogP contribution in [0, 0.1) is 0 Å². The molecule has 0 aromatic carbocycles. The summed E-state index contributed by atoms with van der Waals surface area (Å²) in [6, 6.07) is 0.739. The monoisotopic (exact) mass is 273 g/mol. The van der Waals surface area contributed by atoms with Crippen LogP contribution in [-0.4, -0.2) is 51.0 Å². The maximum atomic E-state index is 12.0. The topological polar surface area (TPSA) is 63.1 Å². The van der Waals surface area contributed by atoms with Crippen LogP contribution in [0.3, 0.4) is 0 Å². The number of nitrogens with zero attached hydrogens (tertiary/aromatic N) is 4. The van der Waals surface area contributed by atoms with Gasteiger partial charge in [-0.25, -0.2) is 0 Å². The van der Waals surface area contributed by atoms with Crippen molar-refractivity contribution in [2.75, 3.05) is 13.1 Å². The maximum Gasteiger partial charge on any atom is 0.224 e. The molecule has 0 bridgehead atoms. The zero-order chi connectivity index (χ0) is 12.3. The van der Waals surface area contributed by atoms with Crippen LogP contribution in [0.15, 0.2) is 12.4 Å². The van der Waals surface area contributed by atoms with E-state index in [0.29, 0.717) is 25.0 Å². The summed E-state index contributed by atoms with van der Waals surface area (Å²) in [4.78, 5) is 14.0. The van der Waals surface area contributed by atoms with Gasteiger partial charge in [0.15, 0.2) is 0 Å². The third kappa shape index (κ3) is 3.96. The Morgan fingerprint density at radius 1 is 1.39 bits per heavy atom. The summed E-state index contributed by atoms with van der Waals surface area (Å²) in [7, 11) is 0. The predicted molar refractivity (Wildman–Crippen MR) is 70.5 cm³/mol. The highest BCUT2D eigenvalue weighted by atomic mass is 35.5. The molecule has 1 fully saturated rings. The molecule has 1 saturated heterocycles. The lowest BCUT2D eigenvalue weighted by molar-refractivity contribution is -0.133. The molecule has 0 radical (unpaired) electrons. The summed E-state index contributed by atoms with van der Waals surface area (Å²) in [6.07, 6.45) is 3.89. The van der Waals surface area contributed by atoms with Gasteiger partial charge in [0.25, 0.3) is 0 Å². The highest BCUT2D eigenvalue weighted by molar-refractivity contribution is 5.85. The molecular formula is C11H20ClN5O. The van der Waals surface area contributed by atoms with Crippen molar-refractivity contribution in [3.8, 4) is 0 Å². The molecule has 2 heterocycles. The summed E-state index contributed by atoms with van der Waals surface area (Å²) >= 11 is 0. The second kappa shape index (κ2) is 6.70. The number of aromatic nitrogens is 3. The van der Waals surface area contributed by atoms with Crippen molar-refractivity contribution in [1.29, 1.82) is 0 Å². The van der Waals surface area contributed by atoms with E-state index in [9.17, 15) is 4.79 Å². The van der Waals surface area contributed by atoms with Gasteiger partial charge >= 0.3 is 0 Å². The number of piperazine rings is 1. The molecular weight excluding hydrogens is 254 g/mol. The SMILES string of the molecule is CC1CN(C(=O)CCn2ccnn2)CC(C)N1.Cl. The molecule has 2 atom stereocenters. The Morgan fingerprint density at radius 2 is 2.06 bits per heavy atom. The minimum atomic E-state index is 0. The maximum absolute atomic E-state index is 12.0. The molecule has 0 saturated carbocycles. The van der Waals surface area contributed by atoms with Crippen LogP contribution >= 0.6 is 12.4 Å². The van der Waals surface area contributed by atoms with Gasteiger partial charge in [-0.1, -0.05) is 5.21 Å². The Bertz CT molecular complexity index is 360. The zero-order valence-electron chi connectivity index (χ0n) is 10.7. The van der Waals surface area contributed by atoms with Gasteiger partial charge in [0, 0.05) is 37.8 Å². The molecule has 2 unspecified atom stereocenters. The molecule has 0 aliphatic carbocycles. The average Bonchev–Trinajstić information content (AvgIpc) is 2.77. The Kier molecular flexibility index (Phi) is 5.55. The minimum Gasteiger partial charge on any atom is -0.340 e. The first-order chi connectivity index (χ1) is 8.15. The first-order valence-electron chi connectivity index (χ1n) is 6.03. The van der Waals surface area contributed by atoms with E-state index in [4.69, 9.17) is 0 Å². The lowest BCUT2D eigenvalue weighted by Gasteiger charge is -2.36. The summed E-state index contributed by atoms with van der Waals surface area (Å²) < 4.78 is 1.69. The standard InChI is InChI=1S/C11H19N5O.ClH/c1-9-7-15(8-10(2)13-9)11(17)3-5-16-6-4-12-14-16;/h4,6,9-10,13H,3,5,7-8H2,1-2H3;1H. The van der Waals surface area contributed by atoms with Gasteiger partial charge < -0.3 is 10.2 Å². The molecule has 1 aromatic heterocycles. The van der Waals surface area contributed by atoms with Gasteiger partial charge in [-0.05, 0) is 13.8 Å². The van der Waals surface area contributed by atoms with E-state index in [2.05, 4.69) is 29.5 Å². The molecule has 102 valence electrons. The van der Waals surface area contributed by atoms with E-state index in [-0.39, 0.29) is 18.3 Å². The van der Waals surface area contributed by atoms with Gasteiger partial charge in [-0.2, -0.15) is 0 Å². The van der Waals surface area contributed by atoms with Crippen LogP contribution < -0.4 is 5.32 Å². The molecule has 18 heavy (non-hydrogen) atoms. The molecule has 1 amide bonds. The number of aryl methyl sites for hydroxylation is 1. The average molecular weight is 274 g/mol. The Balaban J connectivity index is 0.00000162. The number of hydrogen-bond donors (Lipinski definition) is 1. The number of amides is 1. The number of nitrogens with one attached hydrogen (secondary N) is 1. The minimum absolute atomic E-state index is 0. The van der Waals surface area contributed by atoms with Gasteiger partial charge in [0.2, 0.25) is 5.91 Å². The lowest BCUT2D eigenvalue weighted by atomic mass is 10.1. The first kappa shape index (κ1) is 14.9. The second-order valence-corrected chi connectivity index (χ2v) is 4.68. The largest absolute Gasteiger partial charge is 0.340 e. The third-order valence-corrected chi connectivity index (χ3v) is 2.94. The van der Waals surface area contributed by atoms with Crippen molar-refractivity contribution in [2.45, 2.75) is 38.9 Å². The molecule has 6 nitrogen and oxygen atoms in total. The highest BCUT2D eigenvalue weighted by Crippen LogP contribution is 2.06. The molecule has 1 N–H and O–H groups in total. The molecule has 1 aromatic rings. The fraction of sp³-hybridized carbons (Fsp3) is 0.727. The normalized spacial score (nSPS) is 23.6. The van der Waals surface area contributed by atoms with Gasteiger partial charge in [-0.15, -0.1) is 17.5 Å². The highest BCUT2D eigenvalue weighted by Gasteiger charge is 2.24. The molecule has 1 aliphatic rings. The molecule has 1 aliphatic heterocycles. The number of carbonyl (C=O) groups is 1. The molecule has 7 heteroatoms. The summed E-state index contributed by atoms with van der Waals surface area (Å²) in [6.45, 7) is 6.40. The van der Waals surface area contributed by atoms with E-state index in [1.165, 1.54) is 0 Å². The van der Waals surface area contributed by atoms with Crippen LogP contribution in [0.4, 0.5) is 0 Å². The Labute approximate surface area is 113 Å². The first-order valence-corrected chi connectivity index (χ1v) is 6.03. The van der Waals surface area contributed by atoms with Crippen molar-refractivity contribution >= 4 is 18.3 Å². The van der Waals surface area contributed by atoms with Crippen LogP contribution in [-0.2, 0) is 11.3 Å². The van der Waals surface area contributed by atoms with E-state index in [1.54, 1.807) is 17.1 Å². The Morgan fingerprint density at radius 3 is 2.61 bits per heavy atom. The van der Waals surface area contributed by atoms with Crippen molar-refractivity contribution in [1.82, 2.24) is 25.2 Å². The fourth-order valence-electron chi connectivity index (χ4n) is 2.25. The van der Waals surface area contributed by atoms with Crippen LogP contribution in [0.1, 0.15) is 20.3 Å². The molecule has 0 spiro atoms. The quantitative estimate of drug-likeness (QED) is 0.860. The van der Waals surface area contributed by atoms with Crippen molar-refractivity contribution in [2.24, 2.45) is 0 Å². The molecule has 2 rings (SSSR count). The zero-order valence-corrected chi connectivity index (χ0v) is 11.6. The van der Waals surface area contributed by atoms with Gasteiger partial charge in [0.1, 0.15) is 0 Å². The third-order valence-electron chi connectivity index (χ3n) is 2.94. The number of halogens is 1. The number of carbonyl (C=O) groups excluding carboxylic acids is 1. The van der Waals surface area contributed by atoms with E-state index in [0.717, 1.165) is 13.1 Å². The Hall–Kier alpha value is -1.14. The summed E-state index contributed by atoms with van der Waals surface area (Å²) in [5, 5.41) is 11.0. The van der Waals surface area contributed by atoms with Crippen molar-refractivity contribution in [3.05, 3.63) is 12.4 Å². The smallest absolute Gasteiger partial charge is 0.224 e. The second-order valence-electron chi connectivity index (χ2n) is 4.68. The number of rotatable bonds is 3. The van der Waals surface area contributed by atoms with E-state index >= 15 is 0 Å². The van der Waals surface area contributed by atoms with Gasteiger partial charge in [0.05, 0.1) is 12.7 Å². The van der Waals surface area contributed by atoms with Crippen LogP contribution in [0.25, 0.3) is 0 Å². The number of hydrogen-bond acceptors (Lipinski definition) is 4. The van der Waals surface area contributed by atoms with Crippen LogP contribution in [0.5, 0.6) is 0 Å². The van der Waals surface area contributed by atoms with Crippen molar-refractivity contribution < 1.29 is 4.79 Å². The van der Waals surface area contributed by atoms with Gasteiger partial charge in [-0.3, -0.25) is 9.48 Å². The van der Waals surface area contributed by atoms with Crippen molar-refractivity contribution in [3.63, 3.8) is 0 Å². The predicted octanol–water partition coefficient (Wildman–Crippen LogP) is 0.299. The summed E-state index contributed by atoms with van der Waals surface area (Å²) in [5.41, 5.74) is 0. The van der Waals surface area contributed by atoms with E-state index < -0.39 is 0 Å².